The SMILES string of the molecule is CNC(=O)c1cc(-c2ncnc(C)c2-c2ccc(N)nc2)ccc1F. The lowest BCUT2D eigenvalue weighted by Crippen LogP contribution is -2.19. The van der Waals surface area contributed by atoms with E-state index in [4.69, 9.17) is 5.73 Å². The summed E-state index contributed by atoms with van der Waals surface area (Å²) in [5, 5.41) is 2.43. The number of nitrogens with two attached hydrogens (primary N) is 1. The number of hydrogen-bond acceptors (Lipinski definition) is 5. The fourth-order valence-corrected chi connectivity index (χ4v) is 2.57. The van der Waals surface area contributed by atoms with E-state index >= 15 is 0 Å². The number of rotatable bonds is 3. The molecule has 0 unspecified atom stereocenters. The molecule has 2 heterocycles. The maximum absolute atomic E-state index is 14.0. The number of halogens is 1. The van der Waals surface area contributed by atoms with Crippen molar-refractivity contribution in [2.45, 2.75) is 6.92 Å². The highest BCUT2D eigenvalue weighted by Crippen LogP contribution is 2.32. The van der Waals surface area contributed by atoms with Crippen LogP contribution in [-0.2, 0) is 0 Å². The molecular formula is C18H16FN5O. The third-order valence-electron chi connectivity index (χ3n) is 3.82. The molecule has 1 amide bonds. The van der Waals surface area contributed by atoms with Gasteiger partial charge in [-0.3, -0.25) is 4.79 Å². The van der Waals surface area contributed by atoms with Crippen molar-refractivity contribution < 1.29 is 9.18 Å². The minimum absolute atomic E-state index is 0.0438. The first-order chi connectivity index (χ1) is 12.0. The summed E-state index contributed by atoms with van der Waals surface area (Å²) in [6.07, 6.45) is 3.07. The Balaban J connectivity index is 2.20. The van der Waals surface area contributed by atoms with Gasteiger partial charge in [0, 0.05) is 35.6 Å². The molecule has 2 aromatic heterocycles. The molecule has 7 heteroatoms. The van der Waals surface area contributed by atoms with E-state index in [-0.39, 0.29) is 5.56 Å². The van der Waals surface area contributed by atoms with Crippen LogP contribution in [0.1, 0.15) is 16.1 Å². The molecule has 0 saturated heterocycles. The zero-order chi connectivity index (χ0) is 18.0. The van der Waals surface area contributed by atoms with Gasteiger partial charge in [-0.05, 0) is 37.3 Å². The van der Waals surface area contributed by atoms with E-state index in [9.17, 15) is 9.18 Å². The molecule has 3 N–H and O–H groups in total. The molecule has 0 atom stereocenters. The standard InChI is InChI=1S/C18H16FN5O/c1-10-16(12-4-6-15(20)22-8-12)17(24-9-23-10)11-3-5-14(19)13(7-11)18(25)21-2/h3-9H,1-2H3,(H2,20,22)(H,21,25). The van der Waals surface area contributed by atoms with Crippen LogP contribution >= 0.6 is 0 Å². The Bertz CT molecular complexity index is 941. The number of pyridine rings is 1. The number of nitrogen functional groups attached to an aromatic ring is 1. The molecule has 0 aliphatic carbocycles. The molecule has 0 radical (unpaired) electrons. The highest BCUT2D eigenvalue weighted by Gasteiger charge is 2.17. The summed E-state index contributed by atoms with van der Waals surface area (Å²) in [6, 6.07) is 7.82. The quantitative estimate of drug-likeness (QED) is 0.766. The topological polar surface area (TPSA) is 93.8 Å². The Hall–Kier alpha value is -3.35. The van der Waals surface area contributed by atoms with Crippen molar-refractivity contribution >= 4 is 11.7 Å². The van der Waals surface area contributed by atoms with Crippen LogP contribution in [0.2, 0.25) is 0 Å². The lowest BCUT2D eigenvalue weighted by molar-refractivity contribution is 0.0959. The number of nitrogens with one attached hydrogen (secondary N) is 1. The zero-order valence-corrected chi connectivity index (χ0v) is 13.7. The lowest BCUT2D eigenvalue weighted by atomic mass is 9.97. The van der Waals surface area contributed by atoms with Gasteiger partial charge in [-0.1, -0.05) is 0 Å². The van der Waals surface area contributed by atoms with Crippen LogP contribution in [0.5, 0.6) is 0 Å². The molecule has 0 aliphatic rings. The second-order valence-corrected chi connectivity index (χ2v) is 5.43. The lowest BCUT2D eigenvalue weighted by Gasteiger charge is -2.12. The van der Waals surface area contributed by atoms with Gasteiger partial charge in [0.05, 0.1) is 11.3 Å². The van der Waals surface area contributed by atoms with E-state index in [2.05, 4.69) is 20.3 Å². The normalized spacial score (nSPS) is 10.5. The Morgan fingerprint density at radius 1 is 1.12 bits per heavy atom. The predicted octanol–water partition coefficient (Wildman–Crippen LogP) is 2.59. The van der Waals surface area contributed by atoms with Gasteiger partial charge in [0.25, 0.3) is 5.91 Å². The Morgan fingerprint density at radius 2 is 1.88 bits per heavy atom. The first-order valence-corrected chi connectivity index (χ1v) is 7.56. The van der Waals surface area contributed by atoms with Gasteiger partial charge >= 0.3 is 0 Å². The number of benzene rings is 1. The summed E-state index contributed by atoms with van der Waals surface area (Å²) in [7, 11) is 1.45. The second kappa shape index (κ2) is 6.64. The van der Waals surface area contributed by atoms with Crippen LogP contribution in [-0.4, -0.2) is 27.9 Å². The average Bonchev–Trinajstić information content (AvgIpc) is 2.62. The van der Waals surface area contributed by atoms with Crippen molar-refractivity contribution in [3.63, 3.8) is 0 Å². The number of nitrogens with zero attached hydrogens (tertiary/aromatic N) is 3. The first kappa shape index (κ1) is 16.5. The molecule has 126 valence electrons. The van der Waals surface area contributed by atoms with Crippen molar-refractivity contribution in [3.05, 3.63) is 59.9 Å². The Kier molecular flexibility index (Phi) is 4.38. The number of hydrogen-bond donors (Lipinski definition) is 2. The molecular weight excluding hydrogens is 321 g/mol. The molecule has 0 fully saturated rings. The van der Waals surface area contributed by atoms with Gasteiger partial charge in [0.2, 0.25) is 0 Å². The summed E-state index contributed by atoms with van der Waals surface area (Å²) >= 11 is 0. The molecule has 3 aromatic rings. The maximum Gasteiger partial charge on any atom is 0.254 e. The summed E-state index contributed by atoms with van der Waals surface area (Å²) in [5.74, 6) is -0.686. The Labute approximate surface area is 144 Å². The number of aryl methyl sites for hydroxylation is 1. The molecule has 6 nitrogen and oxygen atoms in total. The van der Waals surface area contributed by atoms with Crippen LogP contribution in [0, 0.1) is 12.7 Å². The second-order valence-electron chi connectivity index (χ2n) is 5.43. The van der Waals surface area contributed by atoms with Gasteiger partial charge < -0.3 is 11.1 Å². The largest absolute Gasteiger partial charge is 0.384 e. The van der Waals surface area contributed by atoms with Crippen LogP contribution in [0.25, 0.3) is 22.4 Å². The average molecular weight is 337 g/mol. The van der Waals surface area contributed by atoms with Crippen molar-refractivity contribution in [1.82, 2.24) is 20.3 Å². The van der Waals surface area contributed by atoms with Gasteiger partial charge in [-0.25, -0.2) is 19.3 Å². The third-order valence-corrected chi connectivity index (χ3v) is 3.82. The van der Waals surface area contributed by atoms with Gasteiger partial charge in [-0.15, -0.1) is 0 Å². The fraction of sp³-hybridized carbons (Fsp3) is 0.111. The van der Waals surface area contributed by atoms with Crippen LogP contribution in [0.15, 0.2) is 42.9 Å². The van der Waals surface area contributed by atoms with E-state index in [0.29, 0.717) is 17.1 Å². The monoisotopic (exact) mass is 337 g/mol. The van der Waals surface area contributed by atoms with Crippen molar-refractivity contribution in [1.29, 1.82) is 0 Å². The highest BCUT2D eigenvalue weighted by atomic mass is 19.1. The number of carbonyl (C=O) groups is 1. The van der Waals surface area contributed by atoms with Crippen molar-refractivity contribution in [2.75, 3.05) is 12.8 Å². The van der Waals surface area contributed by atoms with Gasteiger partial charge in [0.1, 0.15) is 18.0 Å². The number of aromatic nitrogens is 3. The van der Waals surface area contributed by atoms with Crippen LogP contribution in [0.4, 0.5) is 10.2 Å². The molecule has 0 spiro atoms. The molecule has 0 saturated carbocycles. The summed E-state index contributed by atoms with van der Waals surface area (Å²) in [4.78, 5) is 24.5. The Morgan fingerprint density at radius 3 is 2.56 bits per heavy atom. The number of anilines is 1. The van der Waals surface area contributed by atoms with Gasteiger partial charge in [0.15, 0.2) is 0 Å². The van der Waals surface area contributed by atoms with E-state index in [0.717, 1.165) is 16.8 Å². The molecule has 0 bridgehead atoms. The zero-order valence-electron chi connectivity index (χ0n) is 13.7. The smallest absolute Gasteiger partial charge is 0.254 e. The number of amides is 1. The van der Waals surface area contributed by atoms with Crippen LogP contribution < -0.4 is 11.1 Å². The molecule has 3 rings (SSSR count). The fourth-order valence-electron chi connectivity index (χ4n) is 2.57. The summed E-state index contributed by atoms with van der Waals surface area (Å²) < 4.78 is 14.0. The van der Waals surface area contributed by atoms with Gasteiger partial charge in [-0.2, -0.15) is 0 Å². The van der Waals surface area contributed by atoms with Crippen molar-refractivity contribution in [3.8, 4) is 22.4 Å². The van der Waals surface area contributed by atoms with E-state index in [1.165, 1.54) is 25.5 Å². The first-order valence-electron chi connectivity index (χ1n) is 7.56. The minimum Gasteiger partial charge on any atom is -0.384 e. The molecule has 1 aromatic carbocycles. The summed E-state index contributed by atoms with van der Waals surface area (Å²) in [5.41, 5.74) is 9.08. The van der Waals surface area contributed by atoms with Crippen molar-refractivity contribution in [2.24, 2.45) is 0 Å². The maximum atomic E-state index is 14.0. The van der Waals surface area contributed by atoms with E-state index < -0.39 is 11.7 Å². The molecule has 0 aliphatic heterocycles. The predicted molar refractivity (Wildman–Crippen MR) is 93.2 cm³/mol. The minimum atomic E-state index is -0.593. The van der Waals surface area contributed by atoms with E-state index in [1.54, 1.807) is 18.3 Å². The van der Waals surface area contributed by atoms with E-state index in [1.807, 2.05) is 13.0 Å². The summed E-state index contributed by atoms with van der Waals surface area (Å²) in [6.45, 7) is 1.85. The third kappa shape index (κ3) is 3.16. The van der Waals surface area contributed by atoms with Crippen LogP contribution in [0.3, 0.4) is 0 Å². The highest BCUT2D eigenvalue weighted by molar-refractivity contribution is 5.96. The number of carbonyl (C=O) groups excluding carboxylic acids is 1. The molecule has 25 heavy (non-hydrogen) atoms.